The Balaban J connectivity index is 2.26. The van der Waals surface area contributed by atoms with Crippen LogP contribution in [0.2, 0.25) is 0 Å². The third-order valence-electron chi connectivity index (χ3n) is 2.60. The van der Waals surface area contributed by atoms with Gasteiger partial charge in [-0.05, 0) is 42.8 Å². The third kappa shape index (κ3) is 3.79. The SMILES string of the molecule is C=C(C)COc1ccc(-c2cc(C(=O)O)nc(N)n2)cc1. The maximum absolute atomic E-state index is 11.0. The van der Waals surface area contributed by atoms with Crippen LogP contribution < -0.4 is 10.5 Å². The Morgan fingerprint density at radius 3 is 2.57 bits per heavy atom. The van der Waals surface area contributed by atoms with Crippen LogP contribution in [0.4, 0.5) is 5.95 Å². The summed E-state index contributed by atoms with van der Waals surface area (Å²) in [5.74, 6) is -0.526. The molecule has 0 bridgehead atoms. The fraction of sp³-hybridized carbons (Fsp3) is 0.133. The van der Waals surface area contributed by atoms with Gasteiger partial charge in [0.2, 0.25) is 5.95 Å². The van der Waals surface area contributed by atoms with E-state index >= 15 is 0 Å². The maximum Gasteiger partial charge on any atom is 0.354 e. The van der Waals surface area contributed by atoms with Gasteiger partial charge in [0, 0.05) is 5.56 Å². The molecule has 0 aliphatic carbocycles. The quantitative estimate of drug-likeness (QED) is 0.818. The van der Waals surface area contributed by atoms with Crippen LogP contribution in [0.15, 0.2) is 42.5 Å². The molecule has 0 radical (unpaired) electrons. The van der Waals surface area contributed by atoms with E-state index in [1.165, 1.54) is 6.07 Å². The van der Waals surface area contributed by atoms with E-state index in [-0.39, 0.29) is 11.6 Å². The molecule has 0 saturated heterocycles. The highest BCUT2D eigenvalue weighted by molar-refractivity contribution is 5.87. The number of nitrogens with two attached hydrogens (primary N) is 1. The standard InChI is InChI=1S/C15H15N3O3/c1-9(2)8-21-11-5-3-10(4-6-11)12-7-13(14(19)20)18-15(16)17-12/h3-7H,1,8H2,2H3,(H,19,20)(H2,16,17,18). The number of benzene rings is 1. The van der Waals surface area contributed by atoms with Crippen LogP contribution in [0, 0.1) is 0 Å². The van der Waals surface area contributed by atoms with Crippen LogP contribution >= 0.6 is 0 Å². The number of rotatable bonds is 5. The van der Waals surface area contributed by atoms with Gasteiger partial charge in [0.15, 0.2) is 5.69 Å². The highest BCUT2D eigenvalue weighted by Crippen LogP contribution is 2.22. The summed E-state index contributed by atoms with van der Waals surface area (Å²) in [5, 5.41) is 8.97. The Labute approximate surface area is 121 Å². The monoisotopic (exact) mass is 285 g/mol. The van der Waals surface area contributed by atoms with E-state index < -0.39 is 5.97 Å². The Morgan fingerprint density at radius 1 is 1.33 bits per heavy atom. The largest absolute Gasteiger partial charge is 0.489 e. The number of aromatic nitrogens is 2. The molecule has 0 aliphatic rings. The van der Waals surface area contributed by atoms with E-state index in [0.717, 1.165) is 11.1 Å². The molecule has 1 heterocycles. The van der Waals surface area contributed by atoms with Crippen molar-refractivity contribution < 1.29 is 14.6 Å². The summed E-state index contributed by atoms with van der Waals surface area (Å²) in [6.07, 6.45) is 0. The molecule has 0 saturated carbocycles. The van der Waals surface area contributed by atoms with Gasteiger partial charge < -0.3 is 15.6 Å². The van der Waals surface area contributed by atoms with Crippen LogP contribution in [0.25, 0.3) is 11.3 Å². The van der Waals surface area contributed by atoms with Crippen LogP contribution in [-0.2, 0) is 0 Å². The lowest BCUT2D eigenvalue weighted by Crippen LogP contribution is -2.06. The Morgan fingerprint density at radius 2 is 2.00 bits per heavy atom. The summed E-state index contributed by atoms with van der Waals surface area (Å²) in [7, 11) is 0. The summed E-state index contributed by atoms with van der Waals surface area (Å²) in [4.78, 5) is 18.7. The number of carboxylic acid groups (broad SMARTS) is 1. The van der Waals surface area contributed by atoms with Gasteiger partial charge in [-0.1, -0.05) is 6.58 Å². The average Bonchev–Trinajstić information content (AvgIpc) is 2.45. The Bertz CT molecular complexity index is 681. The first-order valence-corrected chi connectivity index (χ1v) is 6.21. The molecule has 0 aliphatic heterocycles. The van der Waals surface area contributed by atoms with Crippen LogP contribution in [0.1, 0.15) is 17.4 Å². The van der Waals surface area contributed by atoms with Crippen molar-refractivity contribution >= 4 is 11.9 Å². The minimum atomic E-state index is -1.15. The average molecular weight is 285 g/mol. The van der Waals surface area contributed by atoms with Crippen LogP contribution in [-0.4, -0.2) is 27.7 Å². The molecule has 6 nitrogen and oxygen atoms in total. The number of carboxylic acids is 1. The summed E-state index contributed by atoms with van der Waals surface area (Å²) in [5.41, 5.74) is 7.49. The number of nitrogens with zero attached hydrogens (tertiary/aromatic N) is 2. The molecule has 108 valence electrons. The number of carbonyl (C=O) groups is 1. The number of hydrogen-bond acceptors (Lipinski definition) is 5. The molecule has 1 aromatic heterocycles. The van der Waals surface area contributed by atoms with Crippen molar-refractivity contribution in [2.45, 2.75) is 6.92 Å². The smallest absolute Gasteiger partial charge is 0.354 e. The fourth-order valence-corrected chi connectivity index (χ4v) is 1.65. The highest BCUT2D eigenvalue weighted by Gasteiger charge is 2.10. The lowest BCUT2D eigenvalue weighted by atomic mass is 10.1. The van der Waals surface area contributed by atoms with Gasteiger partial charge in [0.05, 0.1) is 5.69 Å². The molecular formula is C15H15N3O3. The zero-order chi connectivity index (χ0) is 15.4. The second-order valence-corrected chi connectivity index (χ2v) is 4.57. The van der Waals surface area contributed by atoms with Gasteiger partial charge in [-0.2, -0.15) is 0 Å². The normalized spacial score (nSPS) is 10.1. The van der Waals surface area contributed by atoms with Crippen molar-refractivity contribution in [3.05, 3.63) is 48.2 Å². The fourth-order valence-electron chi connectivity index (χ4n) is 1.65. The van der Waals surface area contributed by atoms with E-state index in [4.69, 9.17) is 15.6 Å². The molecule has 0 atom stereocenters. The van der Waals surface area contributed by atoms with Gasteiger partial charge in [-0.15, -0.1) is 0 Å². The molecule has 2 rings (SSSR count). The predicted octanol–water partition coefficient (Wildman–Crippen LogP) is 2.38. The summed E-state index contributed by atoms with van der Waals surface area (Å²) >= 11 is 0. The van der Waals surface area contributed by atoms with Crippen molar-refractivity contribution in [2.75, 3.05) is 12.3 Å². The second kappa shape index (κ2) is 6.04. The minimum absolute atomic E-state index is 0.0764. The molecule has 0 amide bonds. The number of hydrogen-bond donors (Lipinski definition) is 2. The molecular weight excluding hydrogens is 270 g/mol. The molecule has 6 heteroatoms. The van der Waals surface area contributed by atoms with Crippen LogP contribution in [0.5, 0.6) is 5.75 Å². The summed E-state index contributed by atoms with van der Waals surface area (Å²) in [6.45, 7) is 6.09. The van der Waals surface area contributed by atoms with Crippen molar-refractivity contribution in [1.29, 1.82) is 0 Å². The lowest BCUT2D eigenvalue weighted by molar-refractivity contribution is 0.0690. The Kier molecular flexibility index (Phi) is 4.18. The van der Waals surface area contributed by atoms with E-state index in [0.29, 0.717) is 18.1 Å². The third-order valence-corrected chi connectivity index (χ3v) is 2.60. The van der Waals surface area contributed by atoms with E-state index in [1.807, 2.05) is 6.92 Å². The number of nitrogen functional groups attached to an aromatic ring is 1. The lowest BCUT2D eigenvalue weighted by Gasteiger charge is -2.07. The zero-order valence-electron chi connectivity index (χ0n) is 11.5. The number of aromatic carboxylic acids is 1. The minimum Gasteiger partial charge on any atom is -0.489 e. The van der Waals surface area contributed by atoms with Gasteiger partial charge >= 0.3 is 5.97 Å². The molecule has 0 fully saturated rings. The zero-order valence-corrected chi connectivity index (χ0v) is 11.5. The van der Waals surface area contributed by atoms with Crippen molar-refractivity contribution in [1.82, 2.24) is 9.97 Å². The van der Waals surface area contributed by atoms with Crippen molar-refractivity contribution in [3.63, 3.8) is 0 Å². The van der Waals surface area contributed by atoms with E-state index in [1.54, 1.807) is 24.3 Å². The molecule has 2 aromatic rings. The first kappa shape index (κ1) is 14.5. The van der Waals surface area contributed by atoms with Crippen LogP contribution in [0.3, 0.4) is 0 Å². The molecule has 3 N–H and O–H groups in total. The summed E-state index contributed by atoms with van der Waals surface area (Å²) in [6, 6.07) is 8.48. The number of anilines is 1. The maximum atomic E-state index is 11.0. The first-order chi connectivity index (χ1) is 9.95. The van der Waals surface area contributed by atoms with Gasteiger partial charge in [-0.25, -0.2) is 14.8 Å². The van der Waals surface area contributed by atoms with Crippen molar-refractivity contribution in [3.8, 4) is 17.0 Å². The van der Waals surface area contributed by atoms with Gasteiger partial charge in [0.1, 0.15) is 12.4 Å². The molecule has 0 spiro atoms. The van der Waals surface area contributed by atoms with Gasteiger partial charge in [-0.3, -0.25) is 0 Å². The molecule has 21 heavy (non-hydrogen) atoms. The number of ether oxygens (including phenoxy) is 1. The second-order valence-electron chi connectivity index (χ2n) is 4.57. The molecule has 0 unspecified atom stereocenters. The molecule has 1 aromatic carbocycles. The first-order valence-electron chi connectivity index (χ1n) is 6.21. The highest BCUT2D eigenvalue weighted by atomic mass is 16.5. The van der Waals surface area contributed by atoms with E-state index in [2.05, 4.69) is 16.5 Å². The van der Waals surface area contributed by atoms with E-state index in [9.17, 15) is 4.79 Å². The Hall–Kier alpha value is -2.89. The topological polar surface area (TPSA) is 98.3 Å². The van der Waals surface area contributed by atoms with Gasteiger partial charge in [0.25, 0.3) is 0 Å². The summed E-state index contributed by atoms with van der Waals surface area (Å²) < 4.78 is 5.49. The van der Waals surface area contributed by atoms with Crippen molar-refractivity contribution in [2.24, 2.45) is 0 Å². The predicted molar refractivity (Wildman–Crippen MR) is 79.1 cm³/mol.